The second kappa shape index (κ2) is 8.18. The SMILES string of the molecule is C#Cc1cn(C(c2ccccc2)(c2ccc(OC)cc2)c2ccc(OC)cc2)cn1. The van der Waals surface area contributed by atoms with E-state index in [-0.39, 0.29) is 0 Å². The number of aromatic nitrogens is 2. The molecular formula is C26H22N2O2. The molecule has 0 fully saturated rings. The number of methoxy groups -OCH3 is 2. The minimum atomic E-state index is -0.679. The lowest BCUT2D eigenvalue weighted by molar-refractivity contribution is 0.413. The van der Waals surface area contributed by atoms with E-state index in [9.17, 15) is 0 Å². The smallest absolute Gasteiger partial charge is 0.130 e. The summed E-state index contributed by atoms with van der Waals surface area (Å²) in [6, 6.07) is 26.5. The predicted molar refractivity (Wildman–Crippen MR) is 118 cm³/mol. The van der Waals surface area contributed by atoms with Gasteiger partial charge in [-0.3, -0.25) is 0 Å². The molecule has 0 N–H and O–H groups in total. The Bertz CT molecular complexity index is 1110. The third-order valence-electron chi connectivity index (χ3n) is 5.32. The Hall–Kier alpha value is -3.97. The number of terminal acetylenes is 1. The Kier molecular flexibility index (Phi) is 5.28. The van der Waals surface area contributed by atoms with Gasteiger partial charge in [-0.1, -0.05) is 54.6 Å². The molecule has 0 unspecified atom stereocenters. The van der Waals surface area contributed by atoms with Gasteiger partial charge in [0, 0.05) is 6.20 Å². The fraction of sp³-hybridized carbons (Fsp3) is 0.115. The zero-order valence-electron chi connectivity index (χ0n) is 16.9. The first kappa shape index (κ1) is 19.4. The van der Waals surface area contributed by atoms with Crippen LogP contribution in [0, 0.1) is 12.3 Å². The van der Waals surface area contributed by atoms with Gasteiger partial charge in [0.2, 0.25) is 0 Å². The van der Waals surface area contributed by atoms with E-state index in [1.807, 2.05) is 48.7 Å². The average Bonchev–Trinajstić information content (AvgIpc) is 3.31. The molecule has 0 saturated carbocycles. The van der Waals surface area contributed by atoms with Gasteiger partial charge in [0.1, 0.15) is 22.7 Å². The lowest BCUT2D eigenvalue weighted by Gasteiger charge is -2.37. The summed E-state index contributed by atoms with van der Waals surface area (Å²) in [4.78, 5) is 4.42. The molecule has 0 radical (unpaired) electrons. The highest BCUT2D eigenvalue weighted by Gasteiger charge is 2.38. The van der Waals surface area contributed by atoms with Crippen LogP contribution in [-0.4, -0.2) is 23.8 Å². The Morgan fingerprint density at radius 1 is 0.767 bits per heavy atom. The standard InChI is InChI=1S/C26H22N2O2/c1-4-23-18-28(19-27-23)26(20-8-6-5-7-9-20,21-10-14-24(29-2)15-11-21)22-12-16-25(30-3)17-13-22/h1,5-19H,2-3H3. The molecule has 3 aromatic carbocycles. The number of hydrogen-bond donors (Lipinski definition) is 0. The Morgan fingerprint density at radius 3 is 1.70 bits per heavy atom. The molecule has 1 heterocycles. The fourth-order valence-electron chi connectivity index (χ4n) is 3.87. The van der Waals surface area contributed by atoms with Gasteiger partial charge in [-0.15, -0.1) is 6.42 Å². The number of benzene rings is 3. The Balaban J connectivity index is 2.07. The molecule has 0 bridgehead atoms. The van der Waals surface area contributed by atoms with Crippen LogP contribution in [0.2, 0.25) is 0 Å². The van der Waals surface area contributed by atoms with Gasteiger partial charge in [0.05, 0.1) is 20.5 Å². The molecule has 0 atom stereocenters. The van der Waals surface area contributed by atoms with Crippen molar-refractivity contribution in [1.29, 1.82) is 0 Å². The molecule has 4 rings (SSSR count). The summed E-state index contributed by atoms with van der Waals surface area (Å²) in [5.74, 6) is 4.23. The minimum absolute atomic E-state index is 0.581. The summed E-state index contributed by atoms with van der Waals surface area (Å²) in [5, 5.41) is 0. The van der Waals surface area contributed by atoms with Crippen molar-refractivity contribution in [2.45, 2.75) is 5.54 Å². The van der Waals surface area contributed by atoms with Crippen molar-refractivity contribution in [3.8, 4) is 23.8 Å². The normalized spacial score (nSPS) is 11.0. The molecule has 0 aliphatic carbocycles. The van der Waals surface area contributed by atoms with Crippen LogP contribution >= 0.6 is 0 Å². The van der Waals surface area contributed by atoms with Crippen molar-refractivity contribution in [2.75, 3.05) is 14.2 Å². The highest BCUT2D eigenvalue weighted by atomic mass is 16.5. The van der Waals surface area contributed by atoms with Crippen molar-refractivity contribution >= 4 is 0 Å². The van der Waals surface area contributed by atoms with E-state index in [1.54, 1.807) is 20.5 Å². The van der Waals surface area contributed by atoms with Gasteiger partial charge in [-0.25, -0.2) is 4.98 Å². The first-order valence-corrected chi connectivity index (χ1v) is 9.58. The topological polar surface area (TPSA) is 36.3 Å². The monoisotopic (exact) mass is 394 g/mol. The molecule has 1 aromatic heterocycles. The molecule has 4 aromatic rings. The molecule has 4 nitrogen and oxygen atoms in total. The van der Waals surface area contributed by atoms with E-state index in [4.69, 9.17) is 15.9 Å². The largest absolute Gasteiger partial charge is 0.497 e. The highest BCUT2D eigenvalue weighted by Crippen LogP contribution is 2.41. The van der Waals surface area contributed by atoms with Gasteiger partial charge in [0.15, 0.2) is 0 Å². The summed E-state index contributed by atoms with van der Waals surface area (Å²) >= 11 is 0. The predicted octanol–water partition coefficient (Wildman–Crippen LogP) is 4.72. The number of ether oxygens (including phenoxy) is 2. The number of nitrogens with zero attached hydrogens (tertiary/aromatic N) is 2. The molecule has 0 amide bonds. The molecule has 0 saturated heterocycles. The summed E-state index contributed by atoms with van der Waals surface area (Å²) in [5.41, 5.74) is 3.10. The third-order valence-corrected chi connectivity index (χ3v) is 5.32. The number of hydrogen-bond acceptors (Lipinski definition) is 3. The van der Waals surface area contributed by atoms with Crippen LogP contribution in [0.25, 0.3) is 0 Å². The number of rotatable bonds is 6. The van der Waals surface area contributed by atoms with Gasteiger partial charge < -0.3 is 14.0 Å². The van der Waals surface area contributed by atoms with Crippen molar-refractivity contribution in [1.82, 2.24) is 9.55 Å². The second-order valence-corrected chi connectivity index (χ2v) is 6.84. The zero-order valence-corrected chi connectivity index (χ0v) is 16.9. The minimum Gasteiger partial charge on any atom is -0.497 e. The van der Waals surface area contributed by atoms with E-state index in [2.05, 4.69) is 51.9 Å². The number of imidazole rings is 1. The van der Waals surface area contributed by atoms with Crippen LogP contribution < -0.4 is 9.47 Å². The molecule has 4 heteroatoms. The molecule has 30 heavy (non-hydrogen) atoms. The molecule has 148 valence electrons. The van der Waals surface area contributed by atoms with Crippen molar-refractivity contribution < 1.29 is 9.47 Å². The highest BCUT2D eigenvalue weighted by molar-refractivity contribution is 5.52. The van der Waals surface area contributed by atoms with Gasteiger partial charge >= 0.3 is 0 Å². The van der Waals surface area contributed by atoms with Crippen LogP contribution in [0.1, 0.15) is 22.4 Å². The molecule has 0 aliphatic rings. The first-order chi connectivity index (χ1) is 14.7. The summed E-state index contributed by atoms with van der Waals surface area (Å²) in [7, 11) is 3.33. The average molecular weight is 394 g/mol. The Morgan fingerprint density at radius 2 is 1.27 bits per heavy atom. The quantitative estimate of drug-likeness (QED) is 0.351. The maximum Gasteiger partial charge on any atom is 0.130 e. The van der Waals surface area contributed by atoms with Crippen LogP contribution in [0.3, 0.4) is 0 Å². The van der Waals surface area contributed by atoms with Crippen LogP contribution in [-0.2, 0) is 5.54 Å². The Labute approximate surface area is 176 Å². The van der Waals surface area contributed by atoms with Gasteiger partial charge in [-0.05, 0) is 46.9 Å². The van der Waals surface area contributed by atoms with Crippen molar-refractivity contribution in [3.63, 3.8) is 0 Å². The summed E-state index contributed by atoms with van der Waals surface area (Å²) in [6.45, 7) is 0. The fourth-order valence-corrected chi connectivity index (χ4v) is 3.87. The van der Waals surface area contributed by atoms with E-state index in [1.165, 1.54) is 0 Å². The summed E-state index contributed by atoms with van der Waals surface area (Å²) in [6.07, 6.45) is 9.33. The van der Waals surface area contributed by atoms with Gasteiger partial charge in [-0.2, -0.15) is 0 Å². The van der Waals surface area contributed by atoms with E-state index >= 15 is 0 Å². The molecular weight excluding hydrogens is 372 g/mol. The lowest BCUT2D eigenvalue weighted by atomic mass is 9.76. The zero-order chi connectivity index (χ0) is 21.0. The van der Waals surface area contributed by atoms with Crippen LogP contribution in [0.5, 0.6) is 11.5 Å². The molecule has 0 aliphatic heterocycles. The maximum absolute atomic E-state index is 5.64. The first-order valence-electron chi connectivity index (χ1n) is 9.58. The van der Waals surface area contributed by atoms with Crippen LogP contribution in [0.15, 0.2) is 91.4 Å². The maximum atomic E-state index is 5.64. The van der Waals surface area contributed by atoms with Crippen LogP contribution in [0.4, 0.5) is 0 Å². The van der Waals surface area contributed by atoms with E-state index in [0.29, 0.717) is 5.69 Å². The van der Waals surface area contributed by atoms with Gasteiger partial charge in [0.25, 0.3) is 0 Å². The van der Waals surface area contributed by atoms with Crippen molar-refractivity contribution in [3.05, 3.63) is 114 Å². The van der Waals surface area contributed by atoms with Crippen molar-refractivity contribution in [2.24, 2.45) is 0 Å². The van der Waals surface area contributed by atoms with E-state index < -0.39 is 5.54 Å². The molecule has 0 spiro atoms. The lowest BCUT2D eigenvalue weighted by Crippen LogP contribution is -2.37. The summed E-state index contributed by atoms with van der Waals surface area (Å²) < 4.78 is 12.8. The second-order valence-electron chi connectivity index (χ2n) is 6.84. The van der Waals surface area contributed by atoms with E-state index in [0.717, 1.165) is 28.2 Å². The third kappa shape index (κ3) is 3.21.